The minimum absolute atomic E-state index is 0.691. The van der Waals surface area contributed by atoms with Crippen molar-refractivity contribution in [2.45, 2.75) is 31.8 Å². The van der Waals surface area contributed by atoms with Crippen molar-refractivity contribution >= 4 is 11.3 Å². The van der Waals surface area contributed by atoms with Gasteiger partial charge in [-0.05, 0) is 41.8 Å². The summed E-state index contributed by atoms with van der Waals surface area (Å²) in [5.74, 6) is 1.43. The summed E-state index contributed by atoms with van der Waals surface area (Å²) in [6, 6.07) is 13.7. The van der Waals surface area contributed by atoms with Crippen LogP contribution in [0.5, 0.6) is 0 Å². The Balaban J connectivity index is 1.15. The molecule has 1 aliphatic carbocycles. The van der Waals surface area contributed by atoms with Gasteiger partial charge >= 0.3 is 0 Å². The maximum atomic E-state index is 5.46. The Labute approximate surface area is 163 Å². The van der Waals surface area contributed by atoms with Crippen LogP contribution in [-0.2, 0) is 19.4 Å². The van der Waals surface area contributed by atoms with Crippen LogP contribution in [0.15, 0.2) is 46.3 Å². The summed E-state index contributed by atoms with van der Waals surface area (Å²) in [7, 11) is 0. The van der Waals surface area contributed by atoms with E-state index in [1.807, 2.05) is 17.5 Å². The highest BCUT2D eigenvalue weighted by Gasteiger charge is 2.27. The molecule has 0 amide bonds. The van der Waals surface area contributed by atoms with Gasteiger partial charge in [-0.15, -0.1) is 11.3 Å². The third-order valence-corrected chi connectivity index (χ3v) is 6.68. The van der Waals surface area contributed by atoms with Gasteiger partial charge in [-0.25, -0.2) is 0 Å². The Morgan fingerprint density at radius 3 is 2.70 bits per heavy atom. The van der Waals surface area contributed by atoms with E-state index < -0.39 is 0 Å². The van der Waals surface area contributed by atoms with E-state index in [0.29, 0.717) is 11.9 Å². The van der Waals surface area contributed by atoms with Crippen LogP contribution >= 0.6 is 11.3 Å². The van der Waals surface area contributed by atoms with Crippen LogP contribution in [0.4, 0.5) is 0 Å². The van der Waals surface area contributed by atoms with Gasteiger partial charge in [-0.1, -0.05) is 35.5 Å². The van der Waals surface area contributed by atoms with Gasteiger partial charge in [-0.2, -0.15) is 4.98 Å². The summed E-state index contributed by atoms with van der Waals surface area (Å²) in [4.78, 5) is 10.7. The maximum Gasteiger partial charge on any atom is 0.241 e. The topological polar surface area (TPSA) is 45.4 Å². The van der Waals surface area contributed by atoms with Crippen LogP contribution < -0.4 is 0 Å². The van der Waals surface area contributed by atoms with Crippen LogP contribution in [0.2, 0.25) is 0 Å². The summed E-state index contributed by atoms with van der Waals surface area (Å²) in [5, 5.41) is 6.16. The summed E-state index contributed by atoms with van der Waals surface area (Å²) in [6.45, 7) is 5.13. The van der Waals surface area contributed by atoms with Crippen LogP contribution in [0, 0.1) is 0 Å². The molecule has 0 bridgehead atoms. The number of aryl methyl sites for hydroxylation is 1. The van der Waals surface area contributed by atoms with E-state index in [1.54, 1.807) is 22.5 Å². The number of benzene rings is 1. The zero-order chi connectivity index (χ0) is 18.1. The molecule has 0 unspecified atom stereocenters. The molecular weight excluding hydrogens is 356 g/mol. The van der Waals surface area contributed by atoms with Gasteiger partial charge in [-0.3, -0.25) is 9.80 Å². The Hall–Kier alpha value is -2.02. The smallest absolute Gasteiger partial charge is 0.241 e. The normalized spacial score (nSPS) is 21.3. The minimum atomic E-state index is 0.691. The maximum absolute atomic E-state index is 5.46. The standard InChI is InChI=1S/C21H24N4OS/c1-2-5-17-14-18(8-7-16(17)4-1)25-11-9-24(10-12-25)15-20-22-21(23-26-20)19-6-3-13-27-19/h1-6,13,18H,7-12,14-15H2/t18-/m1/s1. The molecule has 1 saturated heterocycles. The first-order valence-corrected chi connectivity index (χ1v) is 10.6. The molecule has 6 heteroatoms. The van der Waals surface area contributed by atoms with E-state index >= 15 is 0 Å². The highest BCUT2D eigenvalue weighted by Crippen LogP contribution is 2.26. The monoisotopic (exact) mass is 380 g/mol. The van der Waals surface area contributed by atoms with Crippen molar-refractivity contribution in [3.63, 3.8) is 0 Å². The molecule has 5 nitrogen and oxygen atoms in total. The zero-order valence-electron chi connectivity index (χ0n) is 15.4. The number of aromatic nitrogens is 2. The molecule has 0 N–H and O–H groups in total. The van der Waals surface area contributed by atoms with Crippen molar-refractivity contribution in [1.29, 1.82) is 0 Å². The molecule has 5 rings (SSSR count). The first kappa shape index (κ1) is 17.1. The van der Waals surface area contributed by atoms with Crippen molar-refractivity contribution in [2.24, 2.45) is 0 Å². The molecule has 1 aliphatic heterocycles. The Morgan fingerprint density at radius 1 is 1.04 bits per heavy atom. The first-order chi connectivity index (χ1) is 13.3. The second kappa shape index (κ2) is 7.54. The average Bonchev–Trinajstić information content (AvgIpc) is 3.40. The molecule has 0 spiro atoms. The average molecular weight is 381 g/mol. The van der Waals surface area contributed by atoms with Crippen molar-refractivity contribution in [3.05, 3.63) is 58.8 Å². The van der Waals surface area contributed by atoms with Crippen LogP contribution in [0.1, 0.15) is 23.4 Å². The molecular formula is C21H24N4OS. The zero-order valence-corrected chi connectivity index (χ0v) is 16.2. The molecule has 0 saturated carbocycles. The second-order valence-corrected chi connectivity index (χ2v) is 8.41. The second-order valence-electron chi connectivity index (χ2n) is 7.47. The number of nitrogens with zero attached hydrogens (tertiary/aromatic N) is 4. The minimum Gasteiger partial charge on any atom is -0.338 e. The van der Waals surface area contributed by atoms with Crippen molar-refractivity contribution < 1.29 is 4.52 Å². The highest BCUT2D eigenvalue weighted by atomic mass is 32.1. The predicted molar refractivity (Wildman–Crippen MR) is 107 cm³/mol. The lowest BCUT2D eigenvalue weighted by atomic mass is 9.87. The van der Waals surface area contributed by atoms with Gasteiger partial charge < -0.3 is 4.52 Å². The van der Waals surface area contributed by atoms with E-state index in [-0.39, 0.29) is 0 Å². The van der Waals surface area contributed by atoms with E-state index in [9.17, 15) is 0 Å². The van der Waals surface area contributed by atoms with Gasteiger partial charge in [0.15, 0.2) is 0 Å². The molecule has 1 atom stereocenters. The third-order valence-electron chi connectivity index (χ3n) is 5.81. The number of hydrogen-bond acceptors (Lipinski definition) is 6. The number of piperazine rings is 1. The van der Waals surface area contributed by atoms with Gasteiger partial charge in [0.25, 0.3) is 0 Å². The molecule has 1 fully saturated rings. The van der Waals surface area contributed by atoms with Crippen LogP contribution in [0.3, 0.4) is 0 Å². The van der Waals surface area contributed by atoms with Gasteiger partial charge in [0.1, 0.15) is 0 Å². The van der Waals surface area contributed by atoms with E-state index in [2.05, 4.69) is 44.2 Å². The fourth-order valence-electron chi connectivity index (χ4n) is 4.29. The van der Waals surface area contributed by atoms with Gasteiger partial charge in [0.2, 0.25) is 11.7 Å². The molecule has 140 valence electrons. The molecule has 0 radical (unpaired) electrons. The molecule has 2 aliphatic rings. The number of hydrogen-bond donors (Lipinski definition) is 0. The van der Waals surface area contributed by atoms with E-state index in [0.717, 1.165) is 43.5 Å². The Bertz CT molecular complexity index is 883. The van der Waals surface area contributed by atoms with Crippen LogP contribution in [0.25, 0.3) is 10.7 Å². The van der Waals surface area contributed by atoms with Crippen LogP contribution in [-0.4, -0.2) is 52.2 Å². The fraction of sp³-hybridized carbons (Fsp3) is 0.429. The Morgan fingerprint density at radius 2 is 1.89 bits per heavy atom. The van der Waals surface area contributed by atoms with E-state index in [1.165, 1.54) is 19.3 Å². The molecule has 1 aromatic carbocycles. The summed E-state index contributed by atoms with van der Waals surface area (Å²) >= 11 is 1.64. The van der Waals surface area contributed by atoms with E-state index in [4.69, 9.17) is 4.52 Å². The summed E-state index contributed by atoms with van der Waals surface area (Å²) in [6.07, 6.45) is 3.70. The quantitative estimate of drug-likeness (QED) is 0.693. The van der Waals surface area contributed by atoms with Gasteiger partial charge in [0, 0.05) is 32.2 Å². The fourth-order valence-corrected chi connectivity index (χ4v) is 4.94. The highest BCUT2D eigenvalue weighted by molar-refractivity contribution is 7.13. The van der Waals surface area contributed by atoms with Crippen molar-refractivity contribution in [3.8, 4) is 10.7 Å². The summed E-state index contributed by atoms with van der Waals surface area (Å²) in [5.41, 5.74) is 3.09. The predicted octanol–water partition coefficient (Wildman–Crippen LogP) is 3.47. The molecule has 2 aromatic heterocycles. The number of rotatable bonds is 4. The first-order valence-electron chi connectivity index (χ1n) is 9.75. The van der Waals surface area contributed by atoms with Crippen molar-refractivity contribution in [1.82, 2.24) is 19.9 Å². The van der Waals surface area contributed by atoms with Gasteiger partial charge in [0.05, 0.1) is 11.4 Å². The molecule has 3 aromatic rings. The third kappa shape index (κ3) is 3.70. The van der Waals surface area contributed by atoms with Crippen molar-refractivity contribution in [2.75, 3.05) is 26.2 Å². The lowest BCUT2D eigenvalue weighted by Gasteiger charge is -2.40. The lowest BCUT2D eigenvalue weighted by molar-refractivity contribution is 0.0795. The SMILES string of the molecule is c1csc(-c2noc(CN3CCN([C@@H]4CCc5ccccc5C4)CC3)n2)c1. The molecule has 27 heavy (non-hydrogen) atoms. The summed E-state index contributed by atoms with van der Waals surface area (Å²) < 4.78 is 5.46. The number of thiophene rings is 1. The Kier molecular flexibility index (Phi) is 4.78. The lowest BCUT2D eigenvalue weighted by Crippen LogP contribution is -2.51. The number of fused-ring (bicyclic) bond motifs is 1. The largest absolute Gasteiger partial charge is 0.338 e. The molecule has 3 heterocycles.